The number of anilines is 1. The number of nitro groups is 1. The monoisotopic (exact) mass is 360 g/mol. The van der Waals surface area contributed by atoms with Crippen molar-refractivity contribution >= 4 is 28.9 Å². The van der Waals surface area contributed by atoms with Crippen LogP contribution in [0.15, 0.2) is 48.5 Å². The van der Waals surface area contributed by atoms with E-state index in [1.54, 1.807) is 0 Å². The summed E-state index contributed by atoms with van der Waals surface area (Å²) in [5.41, 5.74) is 0.272. The standard InChI is InChI=1S/C18H17ClN2O4/c19-15-7-6-14(21(23)24)12-16(15)20-17(22)18(8-10-25-11-9-18)13-4-2-1-3-5-13/h1-7,12H,8-11H2,(H,20,22). The first kappa shape index (κ1) is 17.4. The molecule has 0 aliphatic carbocycles. The van der Waals surface area contributed by atoms with Crippen LogP contribution in [0.4, 0.5) is 11.4 Å². The van der Waals surface area contributed by atoms with Crippen molar-refractivity contribution in [2.75, 3.05) is 18.5 Å². The van der Waals surface area contributed by atoms with Crippen molar-refractivity contribution < 1.29 is 14.5 Å². The zero-order chi connectivity index (χ0) is 17.9. The fraction of sp³-hybridized carbons (Fsp3) is 0.278. The molecule has 25 heavy (non-hydrogen) atoms. The van der Waals surface area contributed by atoms with Crippen LogP contribution in [0.2, 0.25) is 5.02 Å². The van der Waals surface area contributed by atoms with Gasteiger partial charge in [0.2, 0.25) is 5.91 Å². The highest BCUT2D eigenvalue weighted by Crippen LogP contribution is 2.37. The van der Waals surface area contributed by atoms with Gasteiger partial charge < -0.3 is 10.1 Å². The Kier molecular flexibility index (Phi) is 5.01. The van der Waals surface area contributed by atoms with E-state index in [0.717, 1.165) is 5.56 Å². The number of halogens is 1. The van der Waals surface area contributed by atoms with Crippen LogP contribution in [0.25, 0.3) is 0 Å². The fourth-order valence-electron chi connectivity index (χ4n) is 3.09. The molecular formula is C18H17ClN2O4. The van der Waals surface area contributed by atoms with E-state index in [1.165, 1.54) is 18.2 Å². The van der Waals surface area contributed by atoms with Crippen LogP contribution in [0.5, 0.6) is 0 Å². The van der Waals surface area contributed by atoms with Gasteiger partial charge in [0.25, 0.3) is 5.69 Å². The molecule has 0 spiro atoms. The Hall–Kier alpha value is -2.44. The van der Waals surface area contributed by atoms with Gasteiger partial charge in [-0.25, -0.2) is 0 Å². The first-order chi connectivity index (χ1) is 12.0. The Balaban J connectivity index is 1.94. The maximum Gasteiger partial charge on any atom is 0.271 e. The lowest BCUT2D eigenvalue weighted by molar-refractivity contribution is -0.384. The Bertz CT molecular complexity index is 789. The maximum absolute atomic E-state index is 13.1. The highest BCUT2D eigenvalue weighted by atomic mass is 35.5. The van der Waals surface area contributed by atoms with E-state index in [0.29, 0.717) is 26.1 Å². The summed E-state index contributed by atoms with van der Waals surface area (Å²) in [5, 5.41) is 14.0. The Labute approximate surface area is 149 Å². The van der Waals surface area contributed by atoms with Gasteiger partial charge in [-0.1, -0.05) is 41.9 Å². The third-order valence-electron chi connectivity index (χ3n) is 4.52. The molecule has 0 aromatic heterocycles. The zero-order valence-corrected chi connectivity index (χ0v) is 14.2. The van der Waals surface area contributed by atoms with Crippen molar-refractivity contribution in [3.8, 4) is 0 Å². The number of hydrogen-bond donors (Lipinski definition) is 1. The molecule has 1 aliphatic heterocycles. The van der Waals surface area contributed by atoms with E-state index in [4.69, 9.17) is 16.3 Å². The molecule has 1 saturated heterocycles. The van der Waals surface area contributed by atoms with Crippen LogP contribution in [0.1, 0.15) is 18.4 Å². The first-order valence-electron chi connectivity index (χ1n) is 7.92. The Morgan fingerprint density at radius 3 is 2.48 bits per heavy atom. The topological polar surface area (TPSA) is 81.5 Å². The number of nitro benzene ring substituents is 1. The van der Waals surface area contributed by atoms with Gasteiger partial charge in [-0.05, 0) is 24.5 Å². The Morgan fingerprint density at radius 1 is 1.16 bits per heavy atom. The van der Waals surface area contributed by atoms with Crippen molar-refractivity contribution in [2.45, 2.75) is 18.3 Å². The number of carbonyl (C=O) groups is 1. The van der Waals surface area contributed by atoms with Crippen LogP contribution in [0, 0.1) is 10.1 Å². The third-order valence-corrected chi connectivity index (χ3v) is 4.85. The van der Waals surface area contributed by atoms with Crippen LogP contribution in [0.3, 0.4) is 0 Å². The largest absolute Gasteiger partial charge is 0.381 e. The maximum atomic E-state index is 13.1. The molecule has 1 N–H and O–H groups in total. The second kappa shape index (κ2) is 7.21. The fourth-order valence-corrected chi connectivity index (χ4v) is 3.25. The van der Waals surface area contributed by atoms with E-state index < -0.39 is 10.3 Å². The number of benzene rings is 2. The van der Waals surface area contributed by atoms with Crippen LogP contribution >= 0.6 is 11.6 Å². The van der Waals surface area contributed by atoms with Crippen molar-refractivity contribution in [2.24, 2.45) is 0 Å². The van der Waals surface area contributed by atoms with Crippen LogP contribution in [-0.4, -0.2) is 24.0 Å². The number of nitrogens with zero attached hydrogens (tertiary/aromatic N) is 1. The van der Waals surface area contributed by atoms with Gasteiger partial charge in [0, 0.05) is 25.3 Å². The summed E-state index contributed by atoms with van der Waals surface area (Å²) < 4.78 is 5.43. The molecule has 1 aliphatic rings. The normalized spacial score (nSPS) is 16.2. The Morgan fingerprint density at radius 2 is 1.84 bits per heavy atom. The number of hydrogen-bond acceptors (Lipinski definition) is 4. The average Bonchev–Trinajstić information content (AvgIpc) is 2.64. The first-order valence-corrected chi connectivity index (χ1v) is 8.29. The summed E-state index contributed by atoms with van der Waals surface area (Å²) in [6.07, 6.45) is 1.07. The van der Waals surface area contributed by atoms with Gasteiger partial charge in [0.15, 0.2) is 0 Å². The van der Waals surface area contributed by atoms with Crippen LogP contribution < -0.4 is 5.32 Å². The van der Waals surface area contributed by atoms with E-state index in [2.05, 4.69) is 5.32 Å². The lowest BCUT2D eigenvalue weighted by Gasteiger charge is -2.36. The summed E-state index contributed by atoms with van der Waals surface area (Å²) in [4.78, 5) is 23.6. The lowest BCUT2D eigenvalue weighted by atomic mass is 9.73. The molecule has 130 valence electrons. The number of nitrogens with one attached hydrogen (secondary N) is 1. The summed E-state index contributed by atoms with van der Waals surface area (Å²) in [6, 6.07) is 13.5. The van der Waals surface area contributed by atoms with Gasteiger partial charge in [-0.2, -0.15) is 0 Å². The van der Waals surface area contributed by atoms with E-state index >= 15 is 0 Å². The molecule has 2 aromatic rings. The molecule has 1 fully saturated rings. The minimum absolute atomic E-state index is 0.125. The van der Waals surface area contributed by atoms with Crippen LogP contribution in [-0.2, 0) is 14.9 Å². The van der Waals surface area contributed by atoms with Gasteiger partial charge in [0.1, 0.15) is 0 Å². The predicted octanol–water partition coefficient (Wildman–Crippen LogP) is 3.94. The molecule has 1 heterocycles. The molecule has 6 nitrogen and oxygen atoms in total. The molecule has 0 radical (unpaired) electrons. The summed E-state index contributed by atoms with van der Waals surface area (Å²) in [6.45, 7) is 0.954. The molecule has 0 atom stereocenters. The smallest absolute Gasteiger partial charge is 0.271 e. The minimum Gasteiger partial charge on any atom is -0.381 e. The number of rotatable bonds is 4. The molecular weight excluding hydrogens is 344 g/mol. The van der Waals surface area contributed by atoms with Crippen molar-refractivity contribution in [3.05, 3.63) is 69.2 Å². The highest BCUT2D eigenvalue weighted by Gasteiger charge is 2.41. The minimum atomic E-state index is -0.743. The zero-order valence-electron chi connectivity index (χ0n) is 13.4. The van der Waals surface area contributed by atoms with Crippen molar-refractivity contribution in [1.29, 1.82) is 0 Å². The third kappa shape index (κ3) is 3.50. The predicted molar refractivity (Wildman–Crippen MR) is 94.9 cm³/mol. The number of amides is 1. The summed E-state index contributed by atoms with van der Waals surface area (Å²) in [7, 11) is 0. The van der Waals surface area contributed by atoms with E-state index in [9.17, 15) is 14.9 Å². The van der Waals surface area contributed by atoms with E-state index in [-0.39, 0.29) is 22.3 Å². The van der Waals surface area contributed by atoms with Gasteiger partial charge >= 0.3 is 0 Å². The molecule has 7 heteroatoms. The molecule has 0 bridgehead atoms. The second-order valence-electron chi connectivity index (χ2n) is 5.94. The van der Waals surface area contributed by atoms with E-state index in [1.807, 2.05) is 30.3 Å². The number of non-ortho nitro benzene ring substituents is 1. The molecule has 2 aromatic carbocycles. The molecule has 3 rings (SSSR count). The lowest BCUT2D eigenvalue weighted by Crippen LogP contribution is -2.44. The van der Waals surface area contributed by atoms with Crippen molar-refractivity contribution in [1.82, 2.24) is 0 Å². The average molecular weight is 361 g/mol. The van der Waals surface area contributed by atoms with Crippen molar-refractivity contribution in [3.63, 3.8) is 0 Å². The molecule has 1 amide bonds. The number of ether oxygens (including phenoxy) is 1. The highest BCUT2D eigenvalue weighted by molar-refractivity contribution is 6.33. The summed E-state index contributed by atoms with van der Waals surface area (Å²) in [5.74, 6) is -0.232. The van der Waals surface area contributed by atoms with Gasteiger partial charge in [-0.15, -0.1) is 0 Å². The SMILES string of the molecule is O=C(Nc1cc([N+](=O)[O-])ccc1Cl)C1(c2ccccc2)CCOCC1. The summed E-state index contributed by atoms with van der Waals surface area (Å²) >= 11 is 6.11. The van der Waals surface area contributed by atoms with Gasteiger partial charge in [0.05, 0.1) is 21.0 Å². The quantitative estimate of drug-likeness (QED) is 0.661. The number of carbonyl (C=O) groups excluding carboxylic acids is 1. The second-order valence-corrected chi connectivity index (χ2v) is 6.34. The van der Waals surface area contributed by atoms with Gasteiger partial charge in [-0.3, -0.25) is 14.9 Å². The molecule has 0 saturated carbocycles. The molecule has 0 unspecified atom stereocenters.